The van der Waals surface area contributed by atoms with Crippen molar-refractivity contribution in [3.8, 4) is 0 Å². The Labute approximate surface area is 140 Å². The van der Waals surface area contributed by atoms with Gasteiger partial charge < -0.3 is 5.32 Å². The van der Waals surface area contributed by atoms with Crippen LogP contribution in [0.15, 0.2) is 60.8 Å². The van der Waals surface area contributed by atoms with Crippen LogP contribution in [0.2, 0.25) is 5.02 Å². The number of rotatable bonds is 4. The average molecular weight is 325 g/mol. The number of benzene rings is 2. The number of pyridine rings is 1. The van der Waals surface area contributed by atoms with Crippen LogP contribution in [0.25, 0.3) is 10.9 Å². The maximum absolute atomic E-state index is 12.4. The molecule has 4 heteroatoms. The van der Waals surface area contributed by atoms with Gasteiger partial charge in [0.2, 0.25) is 5.91 Å². The number of hydrogen-bond donors (Lipinski definition) is 1. The number of carbonyl (C=O) groups excluding carboxylic acids is 1. The van der Waals surface area contributed by atoms with E-state index in [4.69, 9.17) is 11.6 Å². The van der Waals surface area contributed by atoms with Crippen LogP contribution in [0, 0.1) is 0 Å². The molecule has 0 bridgehead atoms. The van der Waals surface area contributed by atoms with Crippen LogP contribution in [0.1, 0.15) is 24.0 Å². The Morgan fingerprint density at radius 1 is 1.13 bits per heavy atom. The van der Waals surface area contributed by atoms with E-state index in [9.17, 15) is 4.79 Å². The van der Waals surface area contributed by atoms with Gasteiger partial charge in [-0.25, -0.2) is 0 Å². The summed E-state index contributed by atoms with van der Waals surface area (Å²) in [5.41, 5.74) is 2.95. The van der Waals surface area contributed by atoms with E-state index in [0.29, 0.717) is 11.6 Å². The zero-order chi connectivity index (χ0) is 16.2. The Hall–Kier alpha value is -2.39. The van der Waals surface area contributed by atoms with Crippen LogP contribution in [0.3, 0.4) is 0 Å². The fraction of sp³-hybridized carbons (Fsp3) is 0.158. The van der Waals surface area contributed by atoms with Gasteiger partial charge in [0.15, 0.2) is 0 Å². The van der Waals surface area contributed by atoms with Gasteiger partial charge in [-0.2, -0.15) is 0 Å². The summed E-state index contributed by atoms with van der Waals surface area (Å²) >= 11 is 5.89. The second kappa shape index (κ2) is 6.80. The van der Waals surface area contributed by atoms with Crippen LogP contribution in [0.4, 0.5) is 0 Å². The molecular formula is C19H17ClN2O. The Morgan fingerprint density at radius 3 is 2.65 bits per heavy atom. The summed E-state index contributed by atoms with van der Waals surface area (Å²) in [5, 5.41) is 4.74. The molecule has 0 unspecified atom stereocenters. The molecule has 0 aliphatic rings. The molecule has 1 atom stereocenters. The van der Waals surface area contributed by atoms with Gasteiger partial charge >= 0.3 is 0 Å². The van der Waals surface area contributed by atoms with Crippen molar-refractivity contribution in [3.05, 3.63) is 76.9 Å². The highest BCUT2D eigenvalue weighted by Gasteiger charge is 2.15. The Kier molecular flexibility index (Phi) is 4.58. The number of halogens is 1. The molecule has 23 heavy (non-hydrogen) atoms. The zero-order valence-corrected chi connectivity index (χ0v) is 13.5. The van der Waals surface area contributed by atoms with Crippen molar-refractivity contribution in [1.29, 1.82) is 0 Å². The second-order valence-electron chi connectivity index (χ2n) is 5.48. The van der Waals surface area contributed by atoms with Gasteiger partial charge in [-0.15, -0.1) is 0 Å². The topological polar surface area (TPSA) is 42.0 Å². The van der Waals surface area contributed by atoms with E-state index in [2.05, 4.69) is 10.3 Å². The largest absolute Gasteiger partial charge is 0.351 e. The van der Waals surface area contributed by atoms with Crippen LogP contribution >= 0.6 is 11.6 Å². The number of fused-ring (bicyclic) bond motifs is 1. The Bertz CT molecular complexity index is 825. The summed E-state index contributed by atoms with van der Waals surface area (Å²) < 4.78 is 0. The Morgan fingerprint density at radius 2 is 1.87 bits per heavy atom. The van der Waals surface area contributed by atoms with Crippen molar-refractivity contribution in [3.63, 3.8) is 0 Å². The Balaban J connectivity index is 1.72. The van der Waals surface area contributed by atoms with E-state index in [0.717, 1.165) is 22.0 Å². The van der Waals surface area contributed by atoms with Gasteiger partial charge in [0.1, 0.15) is 0 Å². The number of para-hydroxylation sites is 1. The molecule has 0 fully saturated rings. The first-order chi connectivity index (χ1) is 11.1. The first kappa shape index (κ1) is 15.5. The molecule has 3 aromatic rings. The lowest BCUT2D eigenvalue weighted by atomic mass is 10.0. The molecule has 0 saturated heterocycles. The van der Waals surface area contributed by atoms with Gasteiger partial charge in [-0.05, 0) is 42.3 Å². The van der Waals surface area contributed by atoms with E-state index < -0.39 is 0 Å². The smallest absolute Gasteiger partial charge is 0.227 e. The summed E-state index contributed by atoms with van der Waals surface area (Å²) in [7, 11) is 0. The average Bonchev–Trinajstić information content (AvgIpc) is 2.59. The lowest BCUT2D eigenvalue weighted by molar-refractivity contribution is -0.122. The fourth-order valence-electron chi connectivity index (χ4n) is 2.55. The standard InChI is InChI=1S/C19H17ClN2O/c1-13(14-6-8-16(20)9-7-14)19(23)22-12-15-10-11-21-18-5-3-2-4-17(15)18/h2-11,13H,12H2,1H3,(H,22,23)/t13-/m1/s1. The van der Waals surface area contributed by atoms with Crippen molar-refractivity contribution in [2.24, 2.45) is 0 Å². The van der Waals surface area contributed by atoms with Gasteiger partial charge in [0, 0.05) is 23.2 Å². The van der Waals surface area contributed by atoms with Crippen LogP contribution in [-0.4, -0.2) is 10.9 Å². The van der Waals surface area contributed by atoms with Crippen LogP contribution in [0.5, 0.6) is 0 Å². The number of nitrogens with zero attached hydrogens (tertiary/aromatic N) is 1. The second-order valence-corrected chi connectivity index (χ2v) is 5.91. The normalized spacial score (nSPS) is 12.1. The summed E-state index contributed by atoms with van der Waals surface area (Å²) in [5.74, 6) is -0.228. The maximum Gasteiger partial charge on any atom is 0.227 e. The molecule has 1 amide bonds. The van der Waals surface area contributed by atoms with Crippen molar-refractivity contribution in [1.82, 2.24) is 10.3 Å². The number of amides is 1. The van der Waals surface area contributed by atoms with Crippen LogP contribution in [-0.2, 0) is 11.3 Å². The van der Waals surface area contributed by atoms with Crippen molar-refractivity contribution >= 4 is 28.4 Å². The molecule has 0 aliphatic heterocycles. The van der Waals surface area contributed by atoms with Crippen molar-refractivity contribution < 1.29 is 4.79 Å². The van der Waals surface area contributed by atoms with Crippen molar-refractivity contribution in [2.45, 2.75) is 19.4 Å². The van der Waals surface area contributed by atoms with E-state index in [-0.39, 0.29) is 11.8 Å². The minimum Gasteiger partial charge on any atom is -0.351 e. The molecule has 116 valence electrons. The molecule has 0 spiro atoms. The summed E-state index contributed by atoms with van der Waals surface area (Å²) in [6.07, 6.45) is 1.77. The van der Waals surface area contributed by atoms with Gasteiger partial charge in [-0.3, -0.25) is 9.78 Å². The van der Waals surface area contributed by atoms with E-state index in [1.54, 1.807) is 18.3 Å². The molecule has 3 nitrogen and oxygen atoms in total. The molecule has 3 rings (SSSR count). The van der Waals surface area contributed by atoms with Gasteiger partial charge in [0.05, 0.1) is 11.4 Å². The molecule has 2 aromatic carbocycles. The van der Waals surface area contributed by atoms with E-state index in [1.165, 1.54) is 0 Å². The fourth-order valence-corrected chi connectivity index (χ4v) is 2.67. The monoisotopic (exact) mass is 324 g/mol. The number of hydrogen-bond acceptors (Lipinski definition) is 2. The summed E-state index contributed by atoms with van der Waals surface area (Å²) in [6, 6.07) is 17.2. The first-order valence-electron chi connectivity index (χ1n) is 7.51. The van der Waals surface area contributed by atoms with E-state index in [1.807, 2.05) is 49.4 Å². The van der Waals surface area contributed by atoms with Gasteiger partial charge in [0.25, 0.3) is 0 Å². The highest BCUT2D eigenvalue weighted by Crippen LogP contribution is 2.19. The predicted molar refractivity (Wildman–Crippen MR) is 93.5 cm³/mol. The van der Waals surface area contributed by atoms with E-state index >= 15 is 0 Å². The quantitative estimate of drug-likeness (QED) is 0.777. The predicted octanol–water partition coefficient (Wildman–Crippen LogP) is 4.31. The number of aromatic nitrogens is 1. The lowest BCUT2D eigenvalue weighted by Crippen LogP contribution is -2.27. The minimum atomic E-state index is -0.222. The third-order valence-corrected chi connectivity index (χ3v) is 4.21. The summed E-state index contributed by atoms with van der Waals surface area (Å²) in [6.45, 7) is 2.38. The van der Waals surface area contributed by atoms with Gasteiger partial charge in [-0.1, -0.05) is 41.9 Å². The molecule has 0 radical (unpaired) electrons. The lowest BCUT2D eigenvalue weighted by Gasteiger charge is -2.13. The number of carbonyl (C=O) groups is 1. The zero-order valence-electron chi connectivity index (χ0n) is 12.8. The first-order valence-corrected chi connectivity index (χ1v) is 7.89. The molecular weight excluding hydrogens is 308 g/mol. The highest BCUT2D eigenvalue weighted by atomic mass is 35.5. The molecule has 0 aliphatic carbocycles. The summed E-state index contributed by atoms with van der Waals surface area (Å²) in [4.78, 5) is 16.7. The highest BCUT2D eigenvalue weighted by molar-refractivity contribution is 6.30. The molecule has 1 N–H and O–H groups in total. The maximum atomic E-state index is 12.4. The van der Waals surface area contributed by atoms with Crippen molar-refractivity contribution in [2.75, 3.05) is 0 Å². The third kappa shape index (κ3) is 3.51. The van der Waals surface area contributed by atoms with Crippen LogP contribution < -0.4 is 5.32 Å². The number of nitrogens with one attached hydrogen (secondary N) is 1. The molecule has 0 saturated carbocycles. The SMILES string of the molecule is C[C@@H](C(=O)NCc1ccnc2ccccc12)c1ccc(Cl)cc1. The third-order valence-electron chi connectivity index (χ3n) is 3.96. The molecule has 1 aromatic heterocycles. The minimum absolute atomic E-state index is 0.00628. The molecule has 1 heterocycles.